The Kier molecular flexibility index (Phi) is 11.8. The predicted octanol–water partition coefficient (Wildman–Crippen LogP) is 6.99. The van der Waals surface area contributed by atoms with Gasteiger partial charge in [0.1, 0.15) is 11.6 Å². The number of amidine groups is 1. The van der Waals surface area contributed by atoms with Crippen molar-refractivity contribution in [2.45, 2.75) is 88.5 Å². The quantitative estimate of drug-likeness (QED) is 0.136. The molecule has 4 aromatic rings. The number of hydrazone groups is 1. The number of aromatic nitrogens is 4. The van der Waals surface area contributed by atoms with E-state index in [1.54, 1.807) is 28.9 Å². The molecule has 1 unspecified atom stereocenters. The number of hydrogen-bond acceptors (Lipinski definition) is 10. The second kappa shape index (κ2) is 16.5. The van der Waals surface area contributed by atoms with Gasteiger partial charge in [0.15, 0.2) is 5.25 Å². The van der Waals surface area contributed by atoms with Crippen LogP contribution >= 0.6 is 11.8 Å². The fraction of sp³-hybridized carbons (Fsp3) is 0.450. The highest BCUT2D eigenvalue weighted by Gasteiger charge is 2.42. The van der Waals surface area contributed by atoms with Gasteiger partial charge in [-0.3, -0.25) is 9.59 Å². The molecular weight excluding hydrogens is 689 g/mol. The fourth-order valence-electron chi connectivity index (χ4n) is 6.15. The van der Waals surface area contributed by atoms with Crippen LogP contribution < -0.4 is 15.1 Å². The zero-order valence-electron chi connectivity index (χ0n) is 31.5. The Morgan fingerprint density at radius 3 is 2.36 bits per heavy atom. The van der Waals surface area contributed by atoms with Crippen molar-refractivity contribution in [2.75, 3.05) is 43.2 Å². The first-order valence-corrected chi connectivity index (χ1v) is 19.3. The molecule has 1 N–H and O–H groups in total. The Morgan fingerprint density at radius 1 is 0.943 bits per heavy atom. The number of tetrazole rings is 1. The average molecular weight is 739 g/mol. The van der Waals surface area contributed by atoms with Gasteiger partial charge in [-0.1, -0.05) is 83.6 Å². The predicted molar refractivity (Wildman–Crippen MR) is 209 cm³/mol. The lowest BCUT2D eigenvalue weighted by Crippen LogP contribution is -2.45. The van der Waals surface area contributed by atoms with Crippen molar-refractivity contribution in [3.63, 3.8) is 0 Å². The van der Waals surface area contributed by atoms with E-state index in [4.69, 9.17) is 14.6 Å². The van der Waals surface area contributed by atoms with Crippen LogP contribution in [0.15, 0.2) is 83.1 Å². The van der Waals surface area contributed by atoms with Crippen LogP contribution in [0.25, 0.3) is 5.69 Å². The normalized spacial score (nSPS) is 16.5. The molecular formula is C40H50N8O4S. The van der Waals surface area contributed by atoms with Crippen LogP contribution in [-0.4, -0.2) is 80.9 Å². The summed E-state index contributed by atoms with van der Waals surface area (Å²) in [6, 6.07) is 23.3. The maximum Gasteiger partial charge on any atom is 0.268 e. The minimum atomic E-state index is -0.659. The Labute approximate surface area is 316 Å². The van der Waals surface area contributed by atoms with Crippen molar-refractivity contribution >= 4 is 40.8 Å². The number of hydrogen-bond donors (Lipinski definition) is 1. The van der Waals surface area contributed by atoms with Gasteiger partial charge in [-0.05, 0) is 88.5 Å². The Hall–Kier alpha value is -4.75. The third-order valence-electron chi connectivity index (χ3n) is 10.3. The molecule has 6 rings (SSSR count). The van der Waals surface area contributed by atoms with Gasteiger partial charge in [-0.2, -0.15) is 14.8 Å². The first-order valence-electron chi connectivity index (χ1n) is 18.4. The Bertz CT molecular complexity index is 1910. The van der Waals surface area contributed by atoms with Crippen molar-refractivity contribution in [1.82, 2.24) is 25.1 Å². The van der Waals surface area contributed by atoms with E-state index in [1.807, 2.05) is 30.3 Å². The summed E-state index contributed by atoms with van der Waals surface area (Å²) in [6.45, 7) is 16.3. The summed E-state index contributed by atoms with van der Waals surface area (Å²) in [4.78, 5) is 29.0. The number of benzene rings is 3. The Balaban J connectivity index is 1.08. The molecule has 1 saturated heterocycles. The number of carbonyl (C=O) groups is 2. The fourth-order valence-corrected chi connectivity index (χ4v) is 7.19. The molecule has 13 heteroatoms. The van der Waals surface area contributed by atoms with Crippen LogP contribution in [0.5, 0.6) is 5.75 Å². The molecule has 53 heavy (non-hydrogen) atoms. The molecule has 12 nitrogen and oxygen atoms in total. The van der Waals surface area contributed by atoms with E-state index in [2.05, 4.69) is 85.5 Å². The first-order chi connectivity index (χ1) is 25.5. The molecule has 1 fully saturated rings. The molecule has 0 radical (unpaired) electrons. The molecule has 0 bridgehead atoms. The molecule has 280 valence electrons. The number of anilines is 2. The van der Waals surface area contributed by atoms with Crippen LogP contribution in [0.2, 0.25) is 0 Å². The highest BCUT2D eigenvalue weighted by Crippen LogP contribution is 2.39. The number of thioether (sulfide) groups is 1. The summed E-state index contributed by atoms with van der Waals surface area (Å²) in [7, 11) is 0. The smallest absolute Gasteiger partial charge is 0.268 e. The number of amides is 2. The molecule has 0 spiro atoms. The van der Waals surface area contributed by atoms with E-state index < -0.39 is 5.25 Å². The van der Waals surface area contributed by atoms with Crippen molar-refractivity contribution < 1.29 is 19.1 Å². The zero-order chi connectivity index (χ0) is 37.6. The zero-order valence-corrected chi connectivity index (χ0v) is 32.4. The van der Waals surface area contributed by atoms with Gasteiger partial charge in [-0.15, -0.1) is 5.10 Å². The van der Waals surface area contributed by atoms with E-state index in [9.17, 15) is 9.59 Å². The molecule has 2 aliphatic rings. The average Bonchev–Trinajstić information content (AvgIpc) is 3.78. The van der Waals surface area contributed by atoms with Crippen molar-refractivity contribution in [3.05, 3.63) is 83.9 Å². The van der Waals surface area contributed by atoms with Crippen molar-refractivity contribution in [1.29, 1.82) is 0 Å². The summed E-state index contributed by atoms with van der Waals surface area (Å²) in [6.07, 6.45) is 2.93. The highest BCUT2D eigenvalue weighted by atomic mass is 32.2. The van der Waals surface area contributed by atoms with Crippen LogP contribution in [0.3, 0.4) is 0 Å². The molecule has 2 amide bonds. The standard InChI is InChI=1S/C40H50N8O4S/c1-7-39(3,4)28-16-21-33(32(27-28)40(5,6)8-2)52-24-12-15-34(49)41-29-17-19-31(20-18-29)47-37(50)35(36(43-47)46-22-25-51-26-23-46)53-38-42-44-45-48(38)30-13-10-9-11-14-30/h9-11,13-14,16-21,27,35H,7-8,12,15,22-26H2,1-6H3,(H,41,49). The summed E-state index contributed by atoms with van der Waals surface area (Å²) >= 11 is 1.27. The molecule has 1 atom stereocenters. The number of rotatable bonds is 14. The molecule has 3 aromatic carbocycles. The number of carbonyl (C=O) groups excluding carboxylic acids is 2. The number of ether oxygens (including phenoxy) is 2. The Morgan fingerprint density at radius 2 is 1.66 bits per heavy atom. The van der Waals surface area contributed by atoms with Gasteiger partial charge in [0.2, 0.25) is 11.1 Å². The summed E-state index contributed by atoms with van der Waals surface area (Å²) in [5.41, 5.74) is 4.60. The van der Waals surface area contributed by atoms with Crippen molar-refractivity contribution in [3.8, 4) is 11.4 Å². The SMILES string of the molecule is CCC(C)(C)c1ccc(OCCCC(=O)Nc2ccc(N3N=C(N4CCOCC4)C(Sc4nnnn4-c4ccccc4)C3=O)cc2)c(C(C)(C)CC)c1. The third-order valence-corrected chi connectivity index (χ3v) is 11.4. The number of para-hydroxylation sites is 1. The minimum Gasteiger partial charge on any atom is -0.493 e. The van der Waals surface area contributed by atoms with Crippen LogP contribution in [0.1, 0.15) is 78.4 Å². The number of nitrogens with zero attached hydrogens (tertiary/aromatic N) is 7. The van der Waals surface area contributed by atoms with Crippen molar-refractivity contribution in [2.24, 2.45) is 5.10 Å². The van der Waals surface area contributed by atoms with Crippen LogP contribution in [0.4, 0.5) is 11.4 Å². The lowest BCUT2D eigenvalue weighted by Gasteiger charge is -2.30. The lowest BCUT2D eigenvalue weighted by molar-refractivity contribution is -0.117. The van der Waals surface area contributed by atoms with Gasteiger partial charge >= 0.3 is 0 Å². The van der Waals surface area contributed by atoms with Gasteiger partial charge < -0.3 is 19.7 Å². The van der Waals surface area contributed by atoms with E-state index >= 15 is 0 Å². The maximum atomic E-state index is 14.0. The lowest BCUT2D eigenvalue weighted by atomic mass is 9.76. The van der Waals surface area contributed by atoms with Gasteiger partial charge in [0.05, 0.1) is 31.2 Å². The van der Waals surface area contributed by atoms with Gasteiger partial charge in [0, 0.05) is 30.8 Å². The van der Waals surface area contributed by atoms with E-state index in [1.165, 1.54) is 27.9 Å². The van der Waals surface area contributed by atoms with E-state index in [0.717, 1.165) is 24.3 Å². The topological polar surface area (TPSA) is 127 Å². The number of nitrogens with one attached hydrogen (secondary N) is 1. The molecule has 1 aromatic heterocycles. The highest BCUT2D eigenvalue weighted by molar-refractivity contribution is 8.01. The largest absolute Gasteiger partial charge is 0.493 e. The summed E-state index contributed by atoms with van der Waals surface area (Å²) < 4.78 is 13.5. The monoisotopic (exact) mass is 738 g/mol. The van der Waals surface area contributed by atoms with Crippen LogP contribution in [-0.2, 0) is 25.2 Å². The second-order valence-electron chi connectivity index (χ2n) is 14.6. The first kappa shape index (κ1) is 38.0. The van der Waals surface area contributed by atoms with E-state index in [-0.39, 0.29) is 22.6 Å². The minimum absolute atomic E-state index is 0.0335. The van der Waals surface area contributed by atoms with E-state index in [0.29, 0.717) is 68.1 Å². The number of morpholine rings is 1. The molecule has 3 heterocycles. The second-order valence-corrected chi connectivity index (χ2v) is 15.7. The summed E-state index contributed by atoms with van der Waals surface area (Å²) in [5.74, 6) is 1.21. The van der Waals surface area contributed by atoms with Gasteiger partial charge in [-0.25, -0.2) is 0 Å². The molecule has 0 saturated carbocycles. The summed E-state index contributed by atoms with van der Waals surface area (Å²) in [5, 5.41) is 21.3. The molecule has 2 aliphatic heterocycles. The third kappa shape index (κ3) is 8.73. The van der Waals surface area contributed by atoms with Gasteiger partial charge in [0.25, 0.3) is 5.91 Å². The molecule has 0 aliphatic carbocycles. The maximum absolute atomic E-state index is 14.0. The van der Waals surface area contributed by atoms with Crippen LogP contribution in [0, 0.1) is 0 Å².